The summed E-state index contributed by atoms with van der Waals surface area (Å²) in [6.07, 6.45) is -13.0. The van der Waals surface area contributed by atoms with Crippen molar-refractivity contribution in [3.63, 3.8) is 0 Å². The van der Waals surface area contributed by atoms with Crippen molar-refractivity contribution in [3.8, 4) is 0 Å². The molecule has 1 aromatic rings. The maximum absolute atomic E-state index is 12.9. The minimum Gasteiger partial charge on any atom is -0.194 e. The molecule has 120 valence electrons. The van der Waals surface area contributed by atoms with E-state index < -0.39 is 33.2 Å². The first-order chi connectivity index (χ1) is 9.21. The zero-order valence-electron chi connectivity index (χ0n) is 10.1. The second kappa shape index (κ2) is 5.13. The molecule has 0 amide bonds. The summed E-state index contributed by atoms with van der Waals surface area (Å²) < 4.78 is 112. The van der Waals surface area contributed by atoms with Crippen LogP contribution < -0.4 is 0 Å². The molecule has 0 aliphatic rings. The van der Waals surface area contributed by atoms with Crippen LogP contribution in [0.25, 0.3) is 0 Å². The van der Waals surface area contributed by atoms with Crippen LogP contribution in [0.3, 0.4) is 0 Å². The van der Waals surface area contributed by atoms with E-state index in [-0.39, 0.29) is 0 Å². The molecule has 0 unspecified atom stereocenters. The van der Waals surface area contributed by atoms with Crippen LogP contribution in [0.1, 0.15) is 5.56 Å². The predicted octanol–water partition coefficient (Wildman–Crippen LogP) is 3.49. The van der Waals surface area contributed by atoms with Crippen molar-refractivity contribution in [1.82, 2.24) is 0 Å². The van der Waals surface area contributed by atoms with Gasteiger partial charge in [0.15, 0.2) is 0 Å². The van der Waals surface area contributed by atoms with E-state index in [0.717, 1.165) is 24.3 Å². The molecule has 0 saturated heterocycles. The Morgan fingerprint density at radius 3 is 1.71 bits per heavy atom. The smallest absolute Gasteiger partial charge is 0.194 e. The summed E-state index contributed by atoms with van der Waals surface area (Å²) in [6.45, 7) is 1.50. The van der Waals surface area contributed by atoms with Crippen LogP contribution in [0.4, 0.5) is 30.7 Å². The maximum Gasteiger partial charge on any atom is 0.462 e. The van der Waals surface area contributed by atoms with Crippen molar-refractivity contribution >= 4 is 10.1 Å². The number of halogens is 7. The number of rotatable bonds is 4. The second-order valence-electron chi connectivity index (χ2n) is 3.94. The van der Waals surface area contributed by atoms with Crippen molar-refractivity contribution in [2.24, 2.45) is 0 Å². The van der Waals surface area contributed by atoms with Crippen LogP contribution in [0, 0.1) is 6.92 Å². The lowest BCUT2D eigenvalue weighted by atomic mass is 10.2. The summed E-state index contributed by atoms with van der Waals surface area (Å²) in [5.74, 6) is -6.67. The number of aryl methyl sites for hydroxylation is 1. The van der Waals surface area contributed by atoms with Gasteiger partial charge in [0.05, 0.1) is 4.90 Å². The molecule has 0 fully saturated rings. The zero-order valence-corrected chi connectivity index (χ0v) is 10.9. The Hall–Kier alpha value is -1.36. The Bertz CT molecular complexity index is 605. The molecule has 0 bridgehead atoms. The van der Waals surface area contributed by atoms with Crippen LogP contribution in [0.5, 0.6) is 0 Å². The summed E-state index contributed by atoms with van der Waals surface area (Å²) in [6, 6.07) is 3.70. The highest BCUT2D eigenvalue weighted by atomic mass is 32.2. The van der Waals surface area contributed by atoms with E-state index in [2.05, 4.69) is 4.18 Å². The largest absolute Gasteiger partial charge is 0.462 e. The molecular formula is C10H7F7O3S. The van der Waals surface area contributed by atoms with Crippen LogP contribution in [-0.4, -0.2) is 26.6 Å². The molecule has 0 aliphatic heterocycles. The molecular weight excluding hydrogens is 333 g/mol. The highest BCUT2D eigenvalue weighted by molar-refractivity contribution is 7.86. The molecule has 0 spiro atoms. The summed E-state index contributed by atoms with van der Waals surface area (Å²) >= 11 is 0. The topological polar surface area (TPSA) is 43.4 Å². The minimum atomic E-state index is -6.68. The molecule has 3 nitrogen and oxygen atoms in total. The predicted molar refractivity (Wildman–Crippen MR) is 55.4 cm³/mol. The molecule has 0 aromatic heterocycles. The standard InChI is InChI=1S/C10H7F7O3S/c1-6-2-4-7(5-3-6)21(18,19)20-10(16,17)8(11,12)9(13,14)15/h2-5H,1H3. The first-order valence-corrected chi connectivity index (χ1v) is 6.46. The van der Waals surface area contributed by atoms with E-state index in [9.17, 15) is 39.2 Å². The first-order valence-electron chi connectivity index (χ1n) is 5.05. The number of hydrogen-bond donors (Lipinski definition) is 0. The van der Waals surface area contributed by atoms with E-state index in [1.165, 1.54) is 6.92 Å². The number of benzene rings is 1. The van der Waals surface area contributed by atoms with Gasteiger partial charge in [-0.15, -0.1) is 0 Å². The number of alkyl halides is 7. The zero-order chi connectivity index (χ0) is 16.7. The van der Waals surface area contributed by atoms with Crippen molar-refractivity contribution in [3.05, 3.63) is 29.8 Å². The molecule has 0 aliphatic carbocycles. The van der Waals surface area contributed by atoms with Crippen molar-refractivity contribution < 1.29 is 43.3 Å². The van der Waals surface area contributed by atoms with E-state index in [1.807, 2.05) is 0 Å². The van der Waals surface area contributed by atoms with E-state index in [0.29, 0.717) is 5.56 Å². The molecule has 0 radical (unpaired) electrons. The molecule has 0 atom stereocenters. The first kappa shape index (κ1) is 17.7. The van der Waals surface area contributed by atoms with E-state index >= 15 is 0 Å². The van der Waals surface area contributed by atoms with E-state index in [1.54, 1.807) is 0 Å². The van der Waals surface area contributed by atoms with Gasteiger partial charge < -0.3 is 0 Å². The summed E-state index contributed by atoms with van der Waals surface area (Å²) in [5, 5.41) is 0. The SMILES string of the molecule is Cc1ccc(S(=O)(=O)OC(F)(F)C(F)(F)C(F)(F)F)cc1. The highest BCUT2D eigenvalue weighted by Crippen LogP contribution is 2.48. The van der Waals surface area contributed by atoms with Gasteiger partial charge in [-0.3, -0.25) is 0 Å². The lowest BCUT2D eigenvalue weighted by Crippen LogP contribution is -2.54. The number of hydrogen-bond acceptors (Lipinski definition) is 3. The fraction of sp³-hybridized carbons (Fsp3) is 0.400. The Morgan fingerprint density at radius 2 is 1.33 bits per heavy atom. The lowest BCUT2D eigenvalue weighted by Gasteiger charge is -2.26. The van der Waals surface area contributed by atoms with Crippen LogP contribution in [-0.2, 0) is 14.3 Å². The van der Waals surface area contributed by atoms with Crippen molar-refractivity contribution in [2.45, 2.75) is 30.0 Å². The lowest BCUT2D eigenvalue weighted by molar-refractivity contribution is -0.402. The molecule has 0 saturated carbocycles. The second-order valence-corrected chi connectivity index (χ2v) is 5.49. The van der Waals surface area contributed by atoms with Crippen molar-refractivity contribution in [2.75, 3.05) is 0 Å². The van der Waals surface area contributed by atoms with Crippen molar-refractivity contribution in [1.29, 1.82) is 0 Å². The summed E-state index contributed by atoms with van der Waals surface area (Å²) in [7, 11) is -5.51. The Balaban J connectivity index is 3.16. The molecule has 0 heterocycles. The van der Waals surface area contributed by atoms with Gasteiger partial charge in [0.25, 0.3) is 0 Å². The molecule has 0 N–H and O–H groups in total. The quantitative estimate of drug-likeness (QED) is 0.622. The van der Waals surface area contributed by atoms with Crippen LogP contribution >= 0.6 is 0 Å². The van der Waals surface area contributed by atoms with Gasteiger partial charge in [0.2, 0.25) is 0 Å². The Kier molecular flexibility index (Phi) is 4.32. The normalized spacial score (nSPS) is 14.3. The maximum atomic E-state index is 12.9. The van der Waals surface area contributed by atoms with Crippen LogP contribution in [0.2, 0.25) is 0 Å². The van der Waals surface area contributed by atoms with Gasteiger partial charge >= 0.3 is 28.3 Å². The monoisotopic (exact) mass is 340 g/mol. The van der Waals surface area contributed by atoms with Gasteiger partial charge in [-0.25, -0.2) is 0 Å². The molecule has 11 heteroatoms. The van der Waals surface area contributed by atoms with Gasteiger partial charge in [-0.2, -0.15) is 43.3 Å². The third kappa shape index (κ3) is 3.46. The van der Waals surface area contributed by atoms with Gasteiger partial charge in [-0.05, 0) is 19.1 Å². The molecule has 1 aromatic carbocycles. The minimum absolute atomic E-state index is 0.501. The van der Waals surface area contributed by atoms with Gasteiger partial charge in [0, 0.05) is 0 Å². The highest BCUT2D eigenvalue weighted by Gasteiger charge is 2.76. The summed E-state index contributed by atoms with van der Waals surface area (Å²) in [5.41, 5.74) is 0.501. The fourth-order valence-corrected chi connectivity index (χ4v) is 2.05. The fourth-order valence-electron chi connectivity index (χ4n) is 1.11. The third-order valence-electron chi connectivity index (χ3n) is 2.25. The van der Waals surface area contributed by atoms with Gasteiger partial charge in [0.1, 0.15) is 0 Å². The average Bonchev–Trinajstić information content (AvgIpc) is 2.26. The third-order valence-corrected chi connectivity index (χ3v) is 3.52. The molecule has 21 heavy (non-hydrogen) atoms. The van der Waals surface area contributed by atoms with Crippen LogP contribution in [0.15, 0.2) is 29.2 Å². The Morgan fingerprint density at radius 1 is 0.905 bits per heavy atom. The Labute approximate surface area is 114 Å². The summed E-state index contributed by atoms with van der Waals surface area (Å²) in [4.78, 5) is -0.981. The average molecular weight is 340 g/mol. The molecule has 1 rings (SSSR count). The van der Waals surface area contributed by atoms with Gasteiger partial charge in [-0.1, -0.05) is 17.7 Å². The van der Waals surface area contributed by atoms with E-state index in [4.69, 9.17) is 0 Å².